The summed E-state index contributed by atoms with van der Waals surface area (Å²) in [4.78, 5) is 0. The van der Waals surface area contributed by atoms with E-state index in [9.17, 15) is 22.0 Å². The Morgan fingerprint density at radius 2 is 1.69 bits per heavy atom. The van der Waals surface area contributed by atoms with E-state index in [0.29, 0.717) is 0 Å². The molecule has 1 saturated heterocycles. The second-order valence-corrected chi connectivity index (χ2v) is 7.83. The van der Waals surface area contributed by atoms with Gasteiger partial charge in [0.25, 0.3) is 0 Å². The highest BCUT2D eigenvalue weighted by atomic mass is 19.4. The molecule has 156 valence electrons. The van der Waals surface area contributed by atoms with E-state index >= 15 is 0 Å². The van der Waals surface area contributed by atoms with Crippen LogP contribution in [0.15, 0.2) is 42.4 Å². The third-order valence-electron chi connectivity index (χ3n) is 5.19. The lowest BCUT2D eigenvalue weighted by molar-refractivity contribution is -0.0699. The lowest BCUT2D eigenvalue weighted by atomic mass is 9.83. The van der Waals surface area contributed by atoms with Crippen LogP contribution in [0.4, 0.5) is 22.0 Å². The average Bonchev–Trinajstić information content (AvgIpc) is 3.10. The minimum absolute atomic E-state index is 0.101. The SMILES string of the molecule is CC1(C)OB(C(F)=C(c2cnn(Cc3ccccc3F)c2)C(F)(F)F)OC1(C)C. The van der Waals surface area contributed by atoms with Crippen molar-refractivity contribution in [1.29, 1.82) is 0 Å². The van der Waals surface area contributed by atoms with Gasteiger partial charge in [0.2, 0.25) is 0 Å². The van der Waals surface area contributed by atoms with E-state index in [0.717, 1.165) is 17.1 Å². The number of aromatic nitrogens is 2. The minimum Gasteiger partial charge on any atom is -0.398 e. The molecule has 1 aliphatic heterocycles. The lowest BCUT2D eigenvalue weighted by Crippen LogP contribution is -2.41. The van der Waals surface area contributed by atoms with E-state index in [-0.39, 0.29) is 12.1 Å². The van der Waals surface area contributed by atoms with E-state index in [1.54, 1.807) is 33.8 Å². The van der Waals surface area contributed by atoms with Crippen LogP contribution in [0.3, 0.4) is 0 Å². The van der Waals surface area contributed by atoms with E-state index in [1.807, 2.05) is 0 Å². The smallest absolute Gasteiger partial charge is 0.398 e. The zero-order valence-corrected chi connectivity index (χ0v) is 16.3. The van der Waals surface area contributed by atoms with E-state index in [4.69, 9.17) is 9.31 Å². The molecule has 0 bridgehead atoms. The Morgan fingerprint density at radius 3 is 2.24 bits per heavy atom. The van der Waals surface area contributed by atoms with E-state index in [1.165, 1.54) is 18.2 Å². The average molecular weight is 414 g/mol. The first-order valence-corrected chi connectivity index (χ1v) is 8.90. The number of nitrogens with zero attached hydrogens (tertiary/aromatic N) is 2. The van der Waals surface area contributed by atoms with Gasteiger partial charge in [-0.15, -0.1) is 0 Å². The fourth-order valence-corrected chi connectivity index (χ4v) is 2.88. The third kappa shape index (κ3) is 4.23. The van der Waals surface area contributed by atoms with Gasteiger partial charge in [-0.05, 0) is 33.8 Å². The quantitative estimate of drug-likeness (QED) is 0.525. The van der Waals surface area contributed by atoms with Gasteiger partial charge in [0.1, 0.15) is 11.5 Å². The first-order chi connectivity index (χ1) is 13.3. The Kier molecular flexibility index (Phi) is 5.38. The number of hydrogen-bond donors (Lipinski definition) is 0. The molecule has 3 rings (SSSR count). The molecule has 0 aliphatic carbocycles. The summed E-state index contributed by atoms with van der Waals surface area (Å²) in [5.41, 5.74) is -5.37. The van der Waals surface area contributed by atoms with Crippen molar-refractivity contribution in [3.8, 4) is 0 Å². The standard InChI is InChI=1S/C19H20BF5N2O2/c1-17(2)18(3,4)29-20(28-17)16(22)15(19(23,24)25)13-9-26-27(11-13)10-12-7-5-6-8-14(12)21/h5-9,11H,10H2,1-4H3. The zero-order chi connectivity index (χ0) is 21.6. The molecule has 0 spiro atoms. The van der Waals surface area contributed by atoms with Crippen molar-refractivity contribution in [3.05, 3.63) is 59.3 Å². The molecule has 1 aromatic carbocycles. The maximum atomic E-state index is 15.0. The fraction of sp³-hybridized carbons (Fsp3) is 0.421. The van der Waals surface area contributed by atoms with Crippen molar-refractivity contribution >= 4 is 12.7 Å². The van der Waals surface area contributed by atoms with Crippen LogP contribution in [0.1, 0.15) is 38.8 Å². The summed E-state index contributed by atoms with van der Waals surface area (Å²) in [7, 11) is -1.80. The highest BCUT2D eigenvalue weighted by molar-refractivity contribution is 6.55. The van der Waals surface area contributed by atoms with Crippen molar-refractivity contribution in [2.24, 2.45) is 0 Å². The molecule has 1 fully saturated rings. The molecule has 10 heteroatoms. The molecule has 29 heavy (non-hydrogen) atoms. The second kappa shape index (κ2) is 7.25. The fourth-order valence-electron chi connectivity index (χ4n) is 2.88. The van der Waals surface area contributed by atoms with E-state index in [2.05, 4.69) is 5.10 Å². The molecule has 2 heterocycles. The predicted octanol–water partition coefficient (Wildman–Crippen LogP) is 4.94. The van der Waals surface area contributed by atoms with Crippen LogP contribution >= 0.6 is 0 Å². The summed E-state index contributed by atoms with van der Waals surface area (Å²) in [6.07, 6.45) is -3.12. The highest BCUT2D eigenvalue weighted by Crippen LogP contribution is 2.43. The highest BCUT2D eigenvalue weighted by Gasteiger charge is 2.55. The molecule has 0 unspecified atom stereocenters. The predicted molar refractivity (Wildman–Crippen MR) is 97.9 cm³/mol. The van der Waals surface area contributed by atoms with Crippen molar-refractivity contribution in [2.45, 2.75) is 51.6 Å². The summed E-state index contributed by atoms with van der Waals surface area (Å²) >= 11 is 0. The van der Waals surface area contributed by atoms with Crippen molar-refractivity contribution in [1.82, 2.24) is 9.78 Å². The summed E-state index contributed by atoms with van der Waals surface area (Å²) < 4.78 is 81.7. The van der Waals surface area contributed by atoms with Gasteiger partial charge < -0.3 is 9.31 Å². The lowest BCUT2D eigenvalue weighted by Gasteiger charge is -2.32. The number of halogens is 5. The first-order valence-electron chi connectivity index (χ1n) is 8.90. The topological polar surface area (TPSA) is 36.3 Å². The molecule has 2 aromatic rings. The summed E-state index contributed by atoms with van der Waals surface area (Å²) in [5, 5.41) is 3.82. The van der Waals surface area contributed by atoms with Gasteiger partial charge in [0.15, 0.2) is 0 Å². The molecular weight excluding hydrogens is 394 g/mol. The van der Waals surface area contributed by atoms with Gasteiger partial charge in [0.05, 0.1) is 29.5 Å². The Labute approximate surface area is 165 Å². The van der Waals surface area contributed by atoms with Gasteiger partial charge in [-0.2, -0.15) is 18.3 Å². The van der Waals surface area contributed by atoms with Crippen LogP contribution in [-0.4, -0.2) is 34.3 Å². The van der Waals surface area contributed by atoms with Gasteiger partial charge in [-0.1, -0.05) is 18.2 Å². The third-order valence-corrected chi connectivity index (χ3v) is 5.19. The summed E-state index contributed by atoms with van der Waals surface area (Å²) in [5.74, 6) is -0.514. The molecule has 0 N–H and O–H groups in total. The molecular formula is C19H20BF5N2O2. The second-order valence-electron chi connectivity index (χ2n) is 7.83. The van der Waals surface area contributed by atoms with Crippen LogP contribution in [0.2, 0.25) is 0 Å². The number of hydrogen-bond acceptors (Lipinski definition) is 3. The number of benzene rings is 1. The Morgan fingerprint density at radius 1 is 1.10 bits per heavy atom. The molecule has 1 aromatic heterocycles. The Balaban J connectivity index is 1.96. The van der Waals surface area contributed by atoms with Crippen molar-refractivity contribution < 1.29 is 31.3 Å². The normalized spacial score (nSPS) is 19.4. The molecule has 1 aliphatic rings. The first kappa shape index (κ1) is 21.5. The maximum Gasteiger partial charge on any atom is 0.525 e. The monoisotopic (exact) mass is 414 g/mol. The Hall–Kier alpha value is -2.20. The number of rotatable bonds is 4. The van der Waals surface area contributed by atoms with Crippen molar-refractivity contribution in [3.63, 3.8) is 0 Å². The zero-order valence-electron chi connectivity index (χ0n) is 16.3. The molecule has 0 atom stereocenters. The molecule has 0 radical (unpaired) electrons. The van der Waals surface area contributed by atoms with Gasteiger partial charge in [-0.3, -0.25) is 4.68 Å². The van der Waals surface area contributed by atoms with Crippen LogP contribution in [0, 0.1) is 5.82 Å². The van der Waals surface area contributed by atoms with Crippen LogP contribution in [0.25, 0.3) is 5.57 Å². The number of allylic oxidation sites excluding steroid dienone is 1. The van der Waals surface area contributed by atoms with Gasteiger partial charge >= 0.3 is 13.3 Å². The molecule has 0 amide bonds. The summed E-state index contributed by atoms with van der Waals surface area (Å²) in [6, 6.07) is 5.82. The maximum absolute atomic E-state index is 15.0. The summed E-state index contributed by atoms with van der Waals surface area (Å²) in [6.45, 7) is 6.34. The number of alkyl halides is 3. The molecule has 4 nitrogen and oxygen atoms in total. The van der Waals surface area contributed by atoms with Gasteiger partial charge in [0, 0.05) is 17.3 Å². The van der Waals surface area contributed by atoms with Crippen molar-refractivity contribution in [2.75, 3.05) is 0 Å². The van der Waals surface area contributed by atoms with Crippen LogP contribution in [0.5, 0.6) is 0 Å². The molecule has 0 saturated carbocycles. The minimum atomic E-state index is -5.01. The van der Waals surface area contributed by atoms with E-state index < -0.39 is 47.2 Å². The van der Waals surface area contributed by atoms with Crippen LogP contribution < -0.4 is 0 Å². The van der Waals surface area contributed by atoms with Crippen LogP contribution in [-0.2, 0) is 15.9 Å². The van der Waals surface area contributed by atoms with Gasteiger partial charge in [-0.25, -0.2) is 8.78 Å². The largest absolute Gasteiger partial charge is 0.525 e. The Bertz CT molecular complexity index is 921.